The van der Waals surface area contributed by atoms with E-state index in [1.54, 1.807) is 48.8 Å². The van der Waals surface area contributed by atoms with E-state index in [2.05, 4.69) is 10.1 Å². The van der Waals surface area contributed by atoms with E-state index in [1.165, 1.54) is 12.3 Å². The topological polar surface area (TPSA) is 107 Å². The van der Waals surface area contributed by atoms with Crippen molar-refractivity contribution in [1.29, 1.82) is 0 Å². The molecule has 0 aliphatic rings. The van der Waals surface area contributed by atoms with Gasteiger partial charge in [-0.15, -0.1) is 0 Å². The van der Waals surface area contributed by atoms with Crippen LogP contribution >= 0.6 is 0 Å². The number of nitrogens with zero attached hydrogens (tertiary/aromatic N) is 5. The molecule has 9 heteroatoms. The summed E-state index contributed by atoms with van der Waals surface area (Å²) in [6, 6.07) is 4.44. The monoisotopic (exact) mass is 369 g/mol. The summed E-state index contributed by atoms with van der Waals surface area (Å²) in [5.74, 6) is 0.523. The first-order chi connectivity index (χ1) is 12.8. The Morgan fingerprint density at radius 2 is 2.11 bits per heavy atom. The Hall–Kier alpha value is -3.49. The van der Waals surface area contributed by atoms with Crippen molar-refractivity contribution in [2.45, 2.75) is 20.4 Å². The highest BCUT2D eigenvalue weighted by atomic mass is 16.6. The summed E-state index contributed by atoms with van der Waals surface area (Å²) >= 11 is 0. The van der Waals surface area contributed by atoms with E-state index < -0.39 is 4.92 Å². The van der Waals surface area contributed by atoms with Crippen molar-refractivity contribution in [1.82, 2.24) is 14.7 Å². The number of rotatable bonds is 6. The van der Waals surface area contributed by atoms with Crippen molar-refractivity contribution in [2.24, 2.45) is 7.05 Å². The second kappa shape index (κ2) is 7.02. The number of hydrogen-bond acceptors (Lipinski definition) is 7. The van der Waals surface area contributed by atoms with E-state index in [9.17, 15) is 14.9 Å². The van der Waals surface area contributed by atoms with Gasteiger partial charge in [-0.1, -0.05) is 5.16 Å². The first kappa shape index (κ1) is 18.3. The quantitative estimate of drug-likeness (QED) is 0.373. The predicted octanol–water partition coefficient (Wildman–Crippen LogP) is 2.80. The van der Waals surface area contributed by atoms with Gasteiger partial charge in [0.15, 0.2) is 5.82 Å². The number of nitro groups is 1. The van der Waals surface area contributed by atoms with Gasteiger partial charge in [-0.2, -0.15) is 0 Å². The molecule has 0 saturated carbocycles. The third kappa shape index (κ3) is 3.43. The molecule has 0 atom stereocenters. The van der Waals surface area contributed by atoms with Crippen LogP contribution < -0.4 is 4.90 Å². The van der Waals surface area contributed by atoms with E-state index in [0.29, 0.717) is 18.0 Å². The second-order valence-corrected chi connectivity index (χ2v) is 6.31. The average Bonchev–Trinajstić information content (AvgIpc) is 3.20. The van der Waals surface area contributed by atoms with Gasteiger partial charge in [0.2, 0.25) is 5.78 Å². The van der Waals surface area contributed by atoms with E-state index >= 15 is 0 Å². The van der Waals surface area contributed by atoms with Crippen LogP contribution in [0.25, 0.3) is 0 Å². The standard InChI is InChI=1S/C18H19N5O4/c1-11-14(12(2)27-20-11)10-22(4)15-6-5-13(9-16(15)23(25)26)17(24)18-19-7-8-21(18)3/h5-9H,10H2,1-4H3. The van der Waals surface area contributed by atoms with Gasteiger partial charge >= 0.3 is 0 Å². The number of anilines is 1. The number of imidazole rings is 1. The Labute approximate surface area is 155 Å². The fourth-order valence-electron chi connectivity index (χ4n) is 2.90. The maximum atomic E-state index is 12.6. The second-order valence-electron chi connectivity index (χ2n) is 6.31. The van der Waals surface area contributed by atoms with Crippen molar-refractivity contribution in [3.63, 3.8) is 0 Å². The maximum Gasteiger partial charge on any atom is 0.293 e. The van der Waals surface area contributed by atoms with Crippen molar-refractivity contribution in [3.05, 3.63) is 69.1 Å². The van der Waals surface area contributed by atoms with Crippen molar-refractivity contribution in [3.8, 4) is 0 Å². The van der Waals surface area contributed by atoms with E-state index in [4.69, 9.17) is 4.52 Å². The summed E-state index contributed by atoms with van der Waals surface area (Å²) in [5, 5.41) is 15.5. The summed E-state index contributed by atoms with van der Waals surface area (Å²) in [6.07, 6.45) is 3.15. The van der Waals surface area contributed by atoms with Crippen LogP contribution in [0.1, 0.15) is 33.2 Å². The molecule has 9 nitrogen and oxygen atoms in total. The molecule has 0 aliphatic heterocycles. The molecule has 0 amide bonds. The maximum absolute atomic E-state index is 12.6. The summed E-state index contributed by atoms with van der Waals surface area (Å²) in [4.78, 5) is 29.4. The molecule has 2 heterocycles. The third-order valence-electron chi connectivity index (χ3n) is 4.45. The largest absolute Gasteiger partial charge is 0.365 e. The smallest absolute Gasteiger partial charge is 0.293 e. The Kier molecular flexibility index (Phi) is 4.76. The molecule has 3 rings (SSSR count). The Morgan fingerprint density at radius 1 is 1.37 bits per heavy atom. The summed E-state index contributed by atoms with van der Waals surface area (Å²) < 4.78 is 6.72. The number of hydrogen-bond donors (Lipinski definition) is 0. The minimum atomic E-state index is -0.492. The molecular formula is C18H19N5O4. The molecule has 3 aromatic rings. The fourth-order valence-corrected chi connectivity index (χ4v) is 2.90. The third-order valence-corrected chi connectivity index (χ3v) is 4.45. The average molecular weight is 369 g/mol. The van der Waals surface area contributed by atoms with Crippen molar-refractivity contribution in [2.75, 3.05) is 11.9 Å². The molecule has 0 bridgehead atoms. The summed E-state index contributed by atoms with van der Waals surface area (Å²) in [6.45, 7) is 4.02. The van der Waals surface area contributed by atoms with Gasteiger partial charge in [-0.3, -0.25) is 14.9 Å². The number of aryl methyl sites for hydroxylation is 3. The van der Waals surface area contributed by atoms with Crippen LogP contribution in [-0.2, 0) is 13.6 Å². The highest BCUT2D eigenvalue weighted by molar-refractivity contribution is 6.07. The normalized spacial score (nSPS) is 10.8. The van der Waals surface area contributed by atoms with Gasteiger partial charge in [-0.25, -0.2) is 4.98 Å². The van der Waals surface area contributed by atoms with Gasteiger partial charge < -0.3 is 14.0 Å². The molecule has 0 fully saturated rings. The Morgan fingerprint density at radius 3 is 2.67 bits per heavy atom. The van der Waals surface area contributed by atoms with E-state index in [1.807, 2.05) is 6.92 Å². The molecule has 0 spiro atoms. The van der Waals surface area contributed by atoms with Crippen molar-refractivity contribution >= 4 is 17.2 Å². The van der Waals surface area contributed by atoms with Gasteiger partial charge in [-0.05, 0) is 26.0 Å². The summed E-state index contributed by atoms with van der Waals surface area (Å²) in [5.41, 5.74) is 2.08. The first-order valence-electron chi connectivity index (χ1n) is 8.23. The molecule has 2 aromatic heterocycles. The van der Waals surface area contributed by atoms with Crippen LogP contribution in [0.3, 0.4) is 0 Å². The molecular weight excluding hydrogens is 350 g/mol. The molecule has 0 N–H and O–H groups in total. The molecule has 1 aromatic carbocycles. The lowest BCUT2D eigenvalue weighted by Gasteiger charge is -2.19. The predicted molar refractivity (Wildman–Crippen MR) is 97.8 cm³/mol. The number of carbonyl (C=O) groups excluding carboxylic acids is 1. The molecule has 0 saturated heterocycles. The van der Waals surface area contributed by atoms with Crippen LogP contribution in [0.2, 0.25) is 0 Å². The fraction of sp³-hybridized carbons (Fsp3) is 0.278. The first-order valence-corrected chi connectivity index (χ1v) is 8.23. The minimum Gasteiger partial charge on any atom is -0.365 e. The Bertz CT molecular complexity index is 1000. The van der Waals surface area contributed by atoms with Crippen LogP contribution in [0.15, 0.2) is 35.1 Å². The number of benzene rings is 1. The van der Waals surface area contributed by atoms with Crippen LogP contribution in [0.5, 0.6) is 0 Å². The number of aromatic nitrogens is 3. The molecule has 0 aliphatic carbocycles. The zero-order valence-corrected chi connectivity index (χ0v) is 15.5. The zero-order chi connectivity index (χ0) is 19.7. The van der Waals surface area contributed by atoms with Crippen LogP contribution in [-0.4, -0.2) is 32.5 Å². The molecule has 0 unspecified atom stereocenters. The molecule has 0 radical (unpaired) electrons. The van der Waals surface area contributed by atoms with Gasteiger partial charge in [0.1, 0.15) is 11.4 Å². The SMILES string of the molecule is Cc1noc(C)c1CN(C)c1ccc(C(=O)c2nccn2C)cc1[N+](=O)[O-]. The zero-order valence-electron chi connectivity index (χ0n) is 15.5. The Balaban J connectivity index is 1.96. The van der Waals surface area contributed by atoms with Crippen LogP contribution in [0, 0.1) is 24.0 Å². The van der Waals surface area contributed by atoms with Gasteiger partial charge in [0.25, 0.3) is 5.69 Å². The number of carbonyl (C=O) groups is 1. The van der Waals surface area contributed by atoms with Crippen LogP contribution in [0.4, 0.5) is 11.4 Å². The number of ketones is 1. The highest BCUT2D eigenvalue weighted by Gasteiger charge is 2.23. The van der Waals surface area contributed by atoms with Crippen molar-refractivity contribution < 1.29 is 14.2 Å². The van der Waals surface area contributed by atoms with Gasteiger partial charge in [0.05, 0.1) is 10.6 Å². The minimum absolute atomic E-state index is 0.149. The van der Waals surface area contributed by atoms with E-state index in [0.717, 1.165) is 11.3 Å². The lowest BCUT2D eigenvalue weighted by atomic mass is 10.1. The number of nitro benzene ring substituents is 1. The lowest BCUT2D eigenvalue weighted by molar-refractivity contribution is -0.384. The highest BCUT2D eigenvalue weighted by Crippen LogP contribution is 2.31. The van der Waals surface area contributed by atoms with Gasteiger partial charge in [0, 0.05) is 50.2 Å². The molecule has 140 valence electrons. The lowest BCUT2D eigenvalue weighted by Crippen LogP contribution is -2.19. The van der Waals surface area contributed by atoms with E-state index in [-0.39, 0.29) is 22.9 Å². The summed E-state index contributed by atoms with van der Waals surface area (Å²) in [7, 11) is 3.44. The molecule has 27 heavy (non-hydrogen) atoms.